The lowest BCUT2D eigenvalue weighted by Crippen LogP contribution is -2.61. The Bertz CT molecular complexity index is 1280. The van der Waals surface area contributed by atoms with Crippen LogP contribution in [0.3, 0.4) is 0 Å². The van der Waals surface area contributed by atoms with Crippen molar-refractivity contribution in [1.82, 2.24) is 0 Å². The molecule has 210 valence electrons. The zero-order chi connectivity index (χ0) is 28.2. The number of phenolic OH excluding ortho intramolecular Hbond substituents is 1. The van der Waals surface area contributed by atoms with Crippen molar-refractivity contribution in [2.45, 2.75) is 62.2 Å². The van der Waals surface area contributed by atoms with Crippen LogP contribution in [0, 0.1) is 6.92 Å². The smallest absolute Gasteiger partial charge is 0.229 e. The van der Waals surface area contributed by atoms with E-state index in [2.05, 4.69) is 0 Å². The minimum atomic E-state index is -1.79. The van der Waals surface area contributed by atoms with Gasteiger partial charge in [-0.3, -0.25) is 9.59 Å². The molecule has 0 aromatic heterocycles. The van der Waals surface area contributed by atoms with E-state index in [1.54, 1.807) is 6.92 Å². The number of fused-ring (bicyclic) bond motifs is 2. The van der Waals surface area contributed by atoms with Gasteiger partial charge < -0.3 is 54.7 Å². The fourth-order valence-corrected chi connectivity index (χ4v) is 4.90. The van der Waals surface area contributed by atoms with Gasteiger partial charge in [-0.15, -0.1) is 0 Å². The summed E-state index contributed by atoms with van der Waals surface area (Å²) in [7, 11) is 0. The Labute approximate surface area is 221 Å². The van der Waals surface area contributed by atoms with Crippen LogP contribution >= 0.6 is 0 Å². The molecule has 3 aliphatic rings. The first kappa shape index (κ1) is 27.6. The number of ether oxygens (including phenoxy) is 4. The van der Waals surface area contributed by atoms with Gasteiger partial charge >= 0.3 is 0 Å². The van der Waals surface area contributed by atoms with Crippen LogP contribution in [0.25, 0.3) is 0 Å². The number of aryl methyl sites for hydroxylation is 1. The predicted octanol–water partition coefficient (Wildman–Crippen LogP) is -1.88. The van der Waals surface area contributed by atoms with Crippen molar-refractivity contribution in [3.8, 4) is 11.5 Å². The highest BCUT2D eigenvalue weighted by Crippen LogP contribution is 2.38. The van der Waals surface area contributed by atoms with E-state index in [9.17, 15) is 45.3 Å². The first-order chi connectivity index (χ1) is 18.5. The lowest BCUT2D eigenvalue weighted by atomic mass is 9.82. The maximum absolute atomic E-state index is 13.4. The molecular formula is C26H28O13. The number of carbonyl (C=O) groups excluding carboxylic acids is 2. The molecule has 9 unspecified atom stereocenters. The SMILES string of the molecule is Cc1cc(O)c2c(c1)C(=O)c1cccc(OC3OC(COC4OCC(O)C(O)C4O)C(O)C(O)C3O)c1C2=O. The zero-order valence-electron chi connectivity index (χ0n) is 20.6. The van der Waals surface area contributed by atoms with Crippen molar-refractivity contribution in [2.24, 2.45) is 0 Å². The lowest BCUT2D eigenvalue weighted by molar-refractivity contribution is -0.307. The van der Waals surface area contributed by atoms with Gasteiger partial charge in [-0.2, -0.15) is 0 Å². The van der Waals surface area contributed by atoms with Gasteiger partial charge in [0.15, 0.2) is 12.1 Å². The van der Waals surface area contributed by atoms with E-state index in [0.717, 1.165) is 0 Å². The van der Waals surface area contributed by atoms with Gasteiger partial charge in [-0.05, 0) is 30.7 Å². The number of hydrogen-bond acceptors (Lipinski definition) is 13. The van der Waals surface area contributed by atoms with Crippen LogP contribution in [0.2, 0.25) is 0 Å². The second-order valence-electron chi connectivity index (χ2n) is 9.76. The molecule has 2 heterocycles. The van der Waals surface area contributed by atoms with Gasteiger partial charge in [0, 0.05) is 11.1 Å². The summed E-state index contributed by atoms with van der Waals surface area (Å²) < 4.78 is 21.9. The van der Waals surface area contributed by atoms with Crippen LogP contribution in [0.15, 0.2) is 30.3 Å². The summed E-state index contributed by atoms with van der Waals surface area (Å²) in [6.45, 7) is 0.843. The molecule has 2 aliphatic heterocycles. The summed E-state index contributed by atoms with van der Waals surface area (Å²) in [5.41, 5.74) is 0.255. The monoisotopic (exact) mass is 548 g/mol. The Morgan fingerprint density at radius 3 is 2.31 bits per heavy atom. The third kappa shape index (κ3) is 4.82. The second-order valence-corrected chi connectivity index (χ2v) is 9.76. The number of benzene rings is 2. The van der Waals surface area contributed by atoms with Crippen molar-refractivity contribution in [1.29, 1.82) is 0 Å². The summed E-state index contributed by atoms with van der Waals surface area (Å²) in [6, 6.07) is 7.05. The third-order valence-corrected chi connectivity index (χ3v) is 7.02. The number of aliphatic hydroxyl groups excluding tert-OH is 6. The van der Waals surface area contributed by atoms with Gasteiger partial charge in [-0.1, -0.05) is 12.1 Å². The minimum absolute atomic E-state index is 0.00458. The highest BCUT2D eigenvalue weighted by Gasteiger charge is 2.47. The van der Waals surface area contributed by atoms with Gasteiger partial charge in [0.25, 0.3) is 0 Å². The fourth-order valence-electron chi connectivity index (χ4n) is 4.90. The molecule has 1 aliphatic carbocycles. The van der Waals surface area contributed by atoms with Gasteiger partial charge in [0.1, 0.15) is 54.2 Å². The molecule has 9 atom stereocenters. The minimum Gasteiger partial charge on any atom is -0.507 e. The van der Waals surface area contributed by atoms with E-state index in [4.69, 9.17) is 18.9 Å². The summed E-state index contributed by atoms with van der Waals surface area (Å²) in [6.07, 6.45) is -14.1. The molecule has 39 heavy (non-hydrogen) atoms. The van der Waals surface area contributed by atoms with Gasteiger partial charge in [0.2, 0.25) is 12.1 Å². The van der Waals surface area contributed by atoms with Crippen molar-refractivity contribution in [3.05, 3.63) is 58.1 Å². The molecule has 13 nitrogen and oxygen atoms in total. The molecule has 2 saturated heterocycles. The van der Waals surface area contributed by atoms with Crippen LogP contribution in [0.5, 0.6) is 11.5 Å². The average Bonchev–Trinajstić information content (AvgIpc) is 2.90. The van der Waals surface area contributed by atoms with Crippen molar-refractivity contribution in [2.75, 3.05) is 13.2 Å². The third-order valence-electron chi connectivity index (χ3n) is 7.02. The highest BCUT2D eigenvalue weighted by atomic mass is 16.7. The van der Waals surface area contributed by atoms with E-state index in [0.29, 0.717) is 5.56 Å². The molecular weight excluding hydrogens is 520 g/mol. The number of ketones is 2. The summed E-state index contributed by atoms with van der Waals surface area (Å²) >= 11 is 0. The van der Waals surface area contributed by atoms with Crippen LogP contribution in [-0.4, -0.2) is 116 Å². The second kappa shape index (κ2) is 10.5. The standard InChI is InChI=1S/C26H28O13/c1-9-5-11-16(12(27)6-9)21(32)17-10(18(11)29)3-2-4-14(17)38-26-24(35)22(33)20(31)15(39-26)8-37-25-23(34)19(30)13(28)7-36-25/h2-6,13,15,19-20,22-28,30-31,33-35H,7-8H2,1H3. The van der Waals surface area contributed by atoms with Gasteiger partial charge in [-0.25, -0.2) is 0 Å². The molecule has 2 aromatic carbocycles. The molecule has 13 heteroatoms. The maximum atomic E-state index is 13.4. The fraction of sp³-hybridized carbons (Fsp3) is 0.462. The van der Waals surface area contributed by atoms with Crippen molar-refractivity contribution in [3.63, 3.8) is 0 Å². The molecule has 0 amide bonds. The molecule has 0 spiro atoms. The Kier molecular flexibility index (Phi) is 7.45. The number of rotatable bonds is 5. The normalized spacial score (nSPS) is 34.4. The molecule has 2 aromatic rings. The van der Waals surface area contributed by atoms with E-state index in [1.807, 2.05) is 0 Å². The quantitative estimate of drug-likeness (QED) is 0.186. The summed E-state index contributed by atoms with van der Waals surface area (Å²) in [4.78, 5) is 26.6. The van der Waals surface area contributed by atoms with E-state index in [1.165, 1.54) is 30.3 Å². The highest BCUT2D eigenvalue weighted by molar-refractivity contribution is 6.30. The molecule has 0 bridgehead atoms. The largest absolute Gasteiger partial charge is 0.507 e. The number of aliphatic hydroxyl groups is 6. The van der Waals surface area contributed by atoms with E-state index >= 15 is 0 Å². The summed E-state index contributed by atoms with van der Waals surface area (Å²) in [5, 5.41) is 71.3. The first-order valence-electron chi connectivity index (χ1n) is 12.2. The predicted molar refractivity (Wildman–Crippen MR) is 127 cm³/mol. The molecule has 0 radical (unpaired) electrons. The molecule has 2 fully saturated rings. The van der Waals surface area contributed by atoms with E-state index < -0.39 is 73.5 Å². The lowest BCUT2D eigenvalue weighted by Gasteiger charge is -2.41. The summed E-state index contributed by atoms with van der Waals surface area (Å²) in [5.74, 6) is -1.76. The first-order valence-corrected chi connectivity index (χ1v) is 12.2. The number of aromatic hydroxyl groups is 1. The van der Waals surface area contributed by atoms with Crippen molar-refractivity contribution < 1.29 is 64.3 Å². The van der Waals surface area contributed by atoms with Crippen molar-refractivity contribution >= 4 is 11.6 Å². The number of phenols is 1. The number of carbonyl (C=O) groups is 2. The number of hydrogen-bond donors (Lipinski definition) is 7. The molecule has 7 N–H and O–H groups in total. The van der Waals surface area contributed by atoms with Crippen LogP contribution in [-0.2, 0) is 14.2 Å². The van der Waals surface area contributed by atoms with Gasteiger partial charge in [0.05, 0.1) is 24.3 Å². The Hall–Kier alpha value is -2.98. The Morgan fingerprint density at radius 2 is 1.56 bits per heavy atom. The topological polar surface area (TPSA) is 213 Å². The Morgan fingerprint density at radius 1 is 0.846 bits per heavy atom. The zero-order valence-corrected chi connectivity index (χ0v) is 20.6. The Balaban J connectivity index is 1.37. The van der Waals surface area contributed by atoms with Crippen LogP contribution < -0.4 is 4.74 Å². The maximum Gasteiger partial charge on any atom is 0.229 e. The van der Waals surface area contributed by atoms with Crippen LogP contribution in [0.4, 0.5) is 0 Å². The molecule has 0 saturated carbocycles. The van der Waals surface area contributed by atoms with Crippen LogP contribution in [0.1, 0.15) is 37.4 Å². The van der Waals surface area contributed by atoms with E-state index in [-0.39, 0.29) is 40.4 Å². The average molecular weight is 548 g/mol. The molecule has 5 rings (SSSR count).